The fourth-order valence-corrected chi connectivity index (χ4v) is 5.52. The van der Waals surface area contributed by atoms with E-state index in [1.165, 1.54) is 0 Å². The summed E-state index contributed by atoms with van der Waals surface area (Å²) in [5.41, 5.74) is 4.81. The van der Waals surface area contributed by atoms with Crippen molar-refractivity contribution in [3.8, 4) is 11.3 Å². The van der Waals surface area contributed by atoms with Crippen LogP contribution in [-0.2, 0) is 32.1 Å². The fraction of sp³-hybridized carbons (Fsp3) is 0.462. The number of aromatic nitrogens is 1. The zero-order valence-corrected chi connectivity index (χ0v) is 31.2. The minimum atomic E-state index is -1.24. The van der Waals surface area contributed by atoms with Crippen molar-refractivity contribution in [1.82, 2.24) is 31.4 Å². The van der Waals surface area contributed by atoms with E-state index in [0.29, 0.717) is 0 Å². The molecule has 0 saturated heterocycles. The van der Waals surface area contributed by atoms with Crippen LogP contribution in [0.25, 0.3) is 11.3 Å². The van der Waals surface area contributed by atoms with Crippen LogP contribution in [0.1, 0.15) is 59.6 Å². The van der Waals surface area contributed by atoms with E-state index >= 15 is 0 Å². The molecule has 13 nitrogen and oxygen atoms in total. The minimum Gasteiger partial charge on any atom is -0.450 e. The SMILES string of the molecule is CCOC(=O)NC(C(=O)NN(Cc1ccc(-c2ccccn2)cc1)CC(O)C(Cc1ccccc1)NC(=O)C(NC(=O)CO)C(C)(C)C)C(C)(C)C. The van der Waals surface area contributed by atoms with Gasteiger partial charge in [0.25, 0.3) is 5.91 Å². The second kappa shape index (κ2) is 19.1. The molecule has 0 aliphatic heterocycles. The number of nitrogens with one attached hydrogen (secondary N) is 4. The van der Waals surface area contributed by atoms with Gasteiger partial charge in [-0.1, -0.05) is 102 Å². The summed E-state index contributed by atoms with van der Waals surface area (Å²) < 4.78 is 5.06. The molecular formula is C39H54N6O7. The van der Waals surface area contributed by atoms with Gasteiger partial charge in [-0.3, -0.25) is 24.8 Å². The Morgan fingerprint density at radius 2 is 1.40 bits per heavy atom. The number of hydrogen-bond donors (Lipinski definition) is 6. The molecule has 282 valence electrons. The number of hydrazine groups is 1. The first-order chi connectivity index (χ1) is 24.5. The van der Waals surface area contributed by atoms with Gasteiger partial charge in [0.15, 0.2) is 0 Å². The molecule has 3 rings (SSSR count). The zero-order chi connectivity index (χ0) is 38.5. The minimum absolute atomic E-state index is 0.130. The van der Waals surface area contributed by atoms with Gasteiger partial charge in [-0.2, -0.15) is 0 Å². The van der Waals surface area contributed by atoms with E-state index in [0.717, 1.165) is 22.4 Å². The number of alkyl carbamates (subject to hydrolysis) is 1. The number of aliphatic hydroxyl groups is 2. The Morgan fingerprint density at radius 1 is 0.788 bits per heavy atom. The molecule has 0 radical (unpaired) electrons. The Hall–Kier alpha value is -4.85. The highest BCUT2D eigenvalue weighted by molar-refractivity contribution is 5.89. The summed E-state index contributed by atoms with van der Waals surface area (Å²) in [7, 11) is 0. The highest BCUT2D eigenvalue weighted by Gasteiger charge is 2.37. The Bertz CT molecular complexity index is 1590. The number of pyridine rings is 1. The molecule has 52 heavy (non-hydrogen) atoms. The molecule has 1 heterocycles. The third kappa shape index (κ3) is 13.0. The Kier molecular flexibility index (Phi) is 15.3. The van der Waals surface area contributed by atoms with E-state index in [2.05, 4.69) is 26.4 Å². The van der Waals surface area contributed by atoms with Crippen LogP contribution in [0.2, 0.25) is 0 Å². The van der Waals surface area contributed by atoms with Crippen LogP contribution in [0.3, 0.4) is 0 Å². The van der Waals surface area contributed by atoms with E-state index in [4.69, 9.17) is 4.74 Å². The second-order valence-electron chi connectivity index (χ2n) is 14.8. The molecule has 0 saturated carbocycles. The molecule has 0 spiro atoms. The van der Waals surface area contributed by atoms with E-state index in [1.54, 1.807) is 38.9 Å². The smallest absolute Gasteiger partial charge is 0.407 e. The number of amides is 4. The van der Waals surface area contributed by atoms with Gasteiger partial charge in [-0.05, 0) is 47.4 Å². The number of carbonyl (C=O) groups is 4. The average molecular weight is 719 g/mol. The third-order valence-corrected chi connectivity index (χ3v) is 8.30. The van der Waals surface area contributed by atoms with Gasteiger partial charge < -0.3 is 30.9 Å². The average Bonchev–Trinajstić information content (AvgIpc) is 3.09. The topological polar surface area (TPSA) is 182 Å². The standard InChI is InChI=1S/C39H54N6O7/c1-8-52-37(51)43-34(39(5,6)7)36(50)44-45(23-27-17-19-28(20-18-27)29-16-12-13-21-40-29)24-31(47)30(22-26-14-10-9-11-15-26)41-35(49)33(38(2,3)4)42-32(48)25-46/h9-21,30-31,33-34,46-47H,8,22-25H2,1-7H3,(H,41,49)(H,42,48)(H,43,51)(H,44,50). The normalized spacial score (nSPS) is 14.0. The van der Waals surface area contributed by atoms with Gasteiger partial charge in [0.1, 0.15) is 18.7 Å². The monoisotopic (exact) mass is 718 g/mol. The van der Waals surface area contributed by atoms with Crippen molar-refractivity contribution in [3.63, 3.8) is 0 Å². The summed E-state index contributed by atoms with van der Waals surface area (Å²) in [5, 5.41) is 31.0. The quantitative estimate of drug-likeness (QED) is 0.121. The van der Waals surface area contributed by atoms with Crippen molar-refractivity contribution in [2.75, 3.05) is 19.8 Å². The highest BCUT2D eigenvalue weighted by atomic mass is 16.5. The number of aliphatic hydroxyl groups excluding tert-OH is 2. The lowest BCUT2D eigenvalue weighted by Gasteiger charge is -2.36. The molecule has 0 aliphatic rings. The fourth-order valence-electron chi connectivity index (χ4n) is 5.52. The van der Waals surface area contributed by atoms with Gasteiger partial charge in [-0.25, -0.2) is 9.80 Å². The number of ether oxygens (including phenoxy) is 1. The maximum Gasteiger partial charge on any atom is 0.407 e. The molecule has 3 aromatic rings. The highest BCUT2D eigenvalue weighted by Crippen LogP contribution is 2.22. The molecule has 0 aliphatic carbocycles. The molecule has 0 bridgehead atoms. The van der Waals surface area contributed by atoms with E-state index in [1.807, 2.05) is 93.6 Å². The summed E-state index contributed by atoms with van der Waals surface area (Å²) in [6.07, 6.45) is -0.0277. The van der Waals surface area contributed by atoms with Gasteiger partial charge in [0.05, 0.1) is 24.4 Å². The molecule has 6 N–H and O–H groups in total. The first-order valence-electron chi connectivity index (χ1n) is 17.4. The lowest BCUT2D eigenvalue weighted by atomic mass is 9.85. The molecule has 1 aromatic heterocycles. The molecule has 2 aromatic carbocycles. The number of carbonyl (C=O) groups excluding carboxylic acids is 4. The van der Waals surface area contributed by atoms with Crippen LogP contribution in [0.5, 0.6) is 0 Å². The summed E-state index contributed by atoms with van der Waals surface area (Å²) in [5.74, 6) is -1.77. The Morgan fingerprint density at radius 3 is 1.96 bits per heavy atom. The second-order valence-corrected chi connectivity index (χ2v) is 14.8. The van der Waals surface area contributed by atoms with Crippen LogP contribution in [0.15, 0.2) is 79.0 Å². The third-order valence-electron chi connectivity index (χ3n) is 8.30. The van der Waals surface area contributed by atoms with E-state index < -0.39 is 65.5 Å². The molecule has 0 fully saturated rings. The van der Waals surface area contributed by atoms with Crippen molar-refractivity contribution in [3.05, 3.63) is 90.1 Å². The molecule has 4 amide bonds. The number of rotatable bonds is 16. The van der Waals surface area contributed by atoms with Gasteiger partial charge >= 0.3 is 6.09 Å². The van der Waals surface area contributed by atoms with Crippen molar-refractivity contribution in [2.45, 2.75) is 85.7 Å². The molecule has 13 heteroatoms. The van der Waals surface area contributed by atoms with Crippen molar-refractivity contribution >= 4 is 23.8 Å². The van der Waals surface area contributed by atoms with Gasteiger partial charge in [0.2, 0.25) is 11.8 Å². The van der Waals surface area contributed by atoms with Crippen LogP contribution in [-0.4, -0.2) is 88.0 Å². The Labute approximate surface area is 306 Å². The predicted octanol–water partition coefficient (Wildman–Crippen LogP) is 3.35. The predicted molar refractivity (Wildman–Crippen MR) is 198 cm³/mol. The lowest BCUT2D eigenvalue weighted by Crippen LogP contribution is -2.61. The zero-order valence-electron chi connectivity index (χ0n) is 31.2. The molecule has 4 unspecified atom stereocenters. The van der Waals surface area contributed by atoms with E-state index in [-0.39, 0.29) is 26.1 Å². The maximum atomic E-state index is 13.9. The summed E-state index contributed by atoms with van der Waals surface area (Å²) >= 11 is 0. The number of benzene rings is 2. The first-order valence-corrected chi connectivity index (χ1v) is 17.4. The van der Waals surface area contributed by atoms with Crippen molar-refractivity contribution in [1.29, 1.82) is 0 Å². The Balaban J connectivity index is 1.96. The van der Waals surface area contributed by atoms with Crippen LogP contribution in [0, 0.1) is 10.8 Å². The maximum absolute atomic E-state index is 13.9. The largest absolute Gasteiger partial charge is 0.450 e. The van der Waals surface area contributed by atoms with Gasteiger partial charge in [0, 0.05) is 24.8 Å². The van der Waals surface area contributed by atoms with Gasteiger partial charge in [-0.15, -0.1) is 0 Å². The molecular weight excluding hydrogens is 664 g/mol. The number of nitrogens with zero attached hydrogens (tertiary/aromatic N) is 2. The molecule has 4 atom stereocenters. The lowest BCUT2D eigenvalue weighted by molar-refractivity contribution is -0.134. The summed E-state index contributed by atoms with van der Waals surface area (Å²) in [4.78, 5) is 56.6. The van der Waals surface area contributed by atoms with Crippen molar-refractivity contribution < 1.29 is 34.1 Å². The first kappa shape index (κ1) is 41.6. The number of hydrogen-bond acceptors (Lipinski definition) is 9. The van der Waals surface area contributed by atoms with Crippen LogP contribution in [0.4, 0.5) is 4.79 Å². The van der Waals surface area contributed by atoms with Crippen molar-refractivity contribution in [2.24, 2.45) is 10.8 Å². The summed E-state index contributed by atoms with van der Waals surface area (Å²) in [6.45, 7) is 11.8. The van der Waals surface area contributed by atoms with E-state index in [9.17, 15) is 29.4 Å². The van der Waals surface area contributed by atoms with Crippen LogP contribution < -0.4 is 21.4 Å². The van der Waals surface area contributed by atoms with Crippen LogP contribution >= 0.6 is 0 Å². The summed E-state index contributed by atoms with van der Waals surface area (Å²) in [6, 6.07) is 19.7.